The van der Waals surface area contributed by atoms with E-state index in [9.17, 15) is 4.79 Å². The van der Waals surface area contributed by atoms with Crippen molar-refractivity contribution in [3.63, 3.8) is 0 Å². The van der Waals surface area contributed by atoms with Gasteiger partial charge in [-0.15, -0.1) is 10.2 Å². The van der Waals surface area contributed by atoms with Crippen LogP contribution in [0.25, 0.3) is 0 Å². The van der Waals surface area contributed by atoms with Crippen molar-refractivity contribution in [3.8, 4) is 0 Å². The highest BCUT2D eigenvalue weighted by atomic mass is 16.4. The fourth-order valence-electron chi connectivity index (χ4n) is 2.06. The van der Waals surface area contributed by atoms with E-state index < -0.39 is 0 Å². The third-order valence-electron chi connectivity index (χ3n) is 3.19. The molecule has 114 valence electrons. The Labute approximate surface area is 123 Å². The van der Waals surface area contributed by atoms with Gasteiger partial charge in [0.1, 0.15) is 12.2 Å². The molecule has 0 saturated heterocycles. The molecule has 2 aromatic rings. The zero-order valence-corrected chi connectivity index (χ0v) is 12.9. The van der Waals surface area contributed by atoms with Crippen molar-refractivity contribution >= 4 is 5.91 Å². The van der Waals surface area contributed by atoms with Crippen molar-refractivity contribution in [2.45, 2.75) is 46.6 Å². The van der Waals surface area contributed by atoms with E-state index in [1.54, 1.807) is 13.3 Å². The van der Waals surface area contributed by atoms with Crippen molar-refractivity contribution in [3.05, 3.63) is 29.5 Å². The summed E-state index contributed by atoms with van der Waals surface area (Å²) >= 11 is 0. The van der Waals surface area contributed by atoms with Crippen LogP contribution in [0.1, 0.15) is 54.8 Å². The number of carbonyl (C=O) groups excluding carboxylic acids is 1. The summed E-state index contributed by atoms with van der Waals surface area (Å²) in [5.41, 5.74) is 0.620. The van der Waals surface area contributed by atoms with Crippen molar-refractivity contribution < 1.29 is 9.21 Å². The third-order valence-corrected chi connectivity index (χ3v) is 3.19. The number of hydrogen-bond acceptors (Lipinski definition) is 5. The van der Waals surface area contributed by atoms with Crippen molar-refractivity contribution in [1.29, 1.82) is 0 Å². The van der Waals surface area contributed by atoms with Crippen LogP contribution in [0.4, 0.5) is 0 Å². The smallest absolute Gasteiger partial charge is 0.289 e. The topological polar surface area (TPSA) is 85.8 Å². The van der Waals surface area contributed by atoms with E-state index in [0.717, 1.165) is 5.82 Å². The molecule has 0 unspecified atom stereocenters. The van der Waals surface area contributed by atoms with E-state index in [-0.39, 0.29) is 11.7 Å². The quantitative estimate of drug-likeness (QED) is 0.875. The maximum absolute atomic E-state index is 12.1. The molecule has 2 rings (SSSR count). The first-order valence-corrected chi connectivity index (χ1v) is 7.15. The number of nitrogens with one attached hydrogen (secondary N) is 1. The SMILES string of the molecule is CCc1nc(C)c(C(=O)NCCc2nncn2C(C)C)o1. The number of aromatic nitrogens is 4. The van der Waals surface area contributed by atoms with Crippen LogP contribution in [0, 0.1) is 6.92 Å². The molecule has 0 aliphatic heterocycles. The Hall–Kier alpha value is -2.18. The fourth-order valence-corrected chi connectivity index (χ4v) is 2.06. The van der Waals surface area contributed by atoms with Gasteiger partial charge >= 0.3 is 0 Å². The number of rotatable bonds is 6. The minimum Gasteiger partial charge on any atom is -0.435 e. The lowest BCUT2D eigenvalue weighted by Gasteiger charge is -2.10. The zero-order chi connectivity index (χ0) is 15.4. The largest absolute Gasteiger partial charge is 0.435 e. The lowest BCUT2D eigenvalue weighted by Crippen LogP contribution is -2.26. The average molecular weight is 291 g/mol. The number of oxazole rings is 1. The summed E-state index contributed by atoms with van der Waals surface area (Å²) in [6, 6.07) is 0.300. The molecular formula is C14H21N5O2. The van der Waals surface area contributed by atoms with Gasteiger partial charge in [-0.3, -0.25) is 4.79 Å². The second-order valence-electron chi connectivity index (χ2n) is 5.13. The molecule has 21 heavy (non-hydrogen) atoms. The number of hydrogen-bond donors (Lipinski definition) is 1. The lowest BCUT2D eigenvalue weighted by atomic mass is 10.3. The molecule has 0 atom stereocenters. The van der Waals surface area contributed by atoms with Crippen molar-refractivity contribution in [1.82, 2.24) is 25.1 Å². The molecule has 2 heterocycles. The first kappa shape index (κ1) is 15.2. The summed E-state index contributed by atoms with van der Waals surface area (Å²) in [6.07, 6.45) is 3.00. The Kier molecular flexibility index (Phi) is 4.72. The maximum Gasteiger partial charge on any atom is 0.289 e. The minimum absolute atomic E-state index is 0.240. The van der Waals surface area contributed by atoms with Gasteiger partial charge in [-0.05, 0) is 20.8 Å². The number of amides is 1. The summed E-state index contributed by atoms with van der Waals surface area (Å²) in [5, 5.41) is 10.8. The zero-order valence-electron chi connectivity index (χ0n) is 12.9. The predicted molar refractivity (Wildman–Crippen MR) is 77.1 cm³/mol. The summed E-state index contributed by atoms with van der Waals surface area (Å²) in [7, 11) is 0. The molecule has 0 saturated carbocycles. The van der Waals surface area contributed by atoms with Crippen LogP contribution in [0.5, 0.6) is 0 Å². The van der Waals surface area contributed by atoms with Crippen LogP contribution < -0.4 is 5.32 Å². The lowest BCUT2D eigenvalue weighted by molar-refractivity contribution is 0.0923. The van der Waals surface area contributed by atoms with Crippen LogP contribution in [0.3, 0.4) is 0 Å². The van der Waals surface area contributed by atoms with Crippen molar-refractivity contribution in [2.75, 3.05) is 6.54 Å². The highest BCUT2D eigenvalue weighted by Gasteiger charge is 2.16. The predicted octanol–water partition coefficient (Wildman–Crippen LogP) is 1.69. The van der Waals surface area contributed by atoms with E-state index >= 15 is 0 Å². The van der Waals surface area contributed by atoms with E-state index in [1.807, 2.05) is 11.5 Å². The van der Waals surface area contributed by atoms with Gasteiger partial charge in [-0.25, -0.2) is 4.98 Å². The molecule has 0 aliphatic carbocycles. The first-order valence-electron chi connectivity index (χ1n) is 7.15. The summed E-state index contributed by atoms with van der Waals surface area (Å²) in [5.74, 6) is 1.48. The highest BCUT2D eigenvalue weighted by Crippen LogP contribution is 2.11. The fraction of sp³-hybridized carbons (Fsp3) is 0.571. The normalized spacial score (nSPS) is 11.1. The highest BCUT2D eigenvalue weighted by molar-refractivity contribution is 5.92. The molecule has 0 aromatic carbocycles. The third kappa shape index (κ3) is 3.48. The average Bonchev–Trinajstić information content (AvgIpc) is 3.05. The molecule has 0 bridgehead atoms. The van der Waals surface area contributed by atoms with Gasteiger partial charge in [0.05, 0.1) is 5.69 Å². The van der Waals surface area contributed by atoms with Gasteiger partial charge in [0.15, 0.2) is 5.89 Å². The van der Waals surface area contributed by atoms with E-state index in [1.165, 1.54) is 0 Å². The maximum atomic E-state index is 12.1. The Bertz CT molecular complexity index is 615. The van der Waals surface area contributed by atoms with Gasteiger partial charge in [-0.1, -0.05) is 6.92 Å². The van der Waals surface area contributed by atoms with Crippen molar-refractivity contribution in [2.24, 2.45) is 0 Å². The molecule has 7 heteroatoms. The second kappa shape index (κ2) is 6.51. The van der Waals surface area contributed by atoms with Crippen LogP contribution in [0.15, 0.2) is 10.7 Å². The molecule has 1 amide bonds. The van der Waals surface area contributed by atoms with Crippen LogP contribution >= 0.6 is 0 Å². The summed E-state index contributed by atoms with van der Waals surface area (Å²) in [4.78, 5) is 16.2. The van der Waals surface area contributed by atoms with Gasteiger partial charge in [-0.2, -0.15) is 0 Å². The van der Waals surface area contributed by atoms with E-state index in [2.05, 4.69) is 34.3 Å². The molecule has 7 nitrogen and oxygen atoms in total. The molecule has 0 spiro atoms. The Balaban J connectivity index is 1.92. The van der Waals surface area contributed by atoms with E-state index in [4.69, 9.17) is 4.42 Å². The second-order valence-corrected chi connectivity index (χ2v) is 5.13. The minimum atomic E-state index is -0.240. The van der Waals surface area contributed by atoms with Gasteiger partial charge in [0.2, 0.25) is 5.76 Å². The standard InChI is InChI=1S/C14H21N5O2/c1-5-12-17-10(4)13(21-12)14(20)15-7-6-11-18-16-8-19(11)9(2)3/h8-9H,5-7H2,1-4H3,(H,15,20). The van der Waals surface area contributed by atoms with Gasteiger partial charge < -0.3 is 14.3 Å². The van der Waals surface area contributed by atoms with Crippen LogP contribution in [-0.2, 0) is 12.8 Å². The molecule has 2 aromatic heterocycles. The Morgan fingerprint density at radius 2 is 2.24 bits per heavy atom. The summed E-state index contributed by atoms with van der Waals surface area (Å²) in [6.45, 7) is 8.32. The summed E-state index contributed by atoms with van der Waals surface area (Å²) < 4.78 is 7.41. The molecule has 0 radical (unpaired) electrons. The molecular weight excluding hydrogens is 270 g/mol. The number of carbonyl (C=O) groups is 1. The first-order chi connectivity index (χ1) is 10.0. The molecule has 0 fully saturated rings. The van der Waals surface area contributed by atoms with Crippen LogP contribution in [-0.4, -0.2) is 32.2 Å². The molecule has 0 aliphatic rings. The van der Waals surface area contributed by atoms with E-state index in [0.29, 0.717) is 37.0 Å². The van der Waals surface area contributed by atoms with Gasteiger partial charge in [0, 0.05) is 25.4 Å². The molecule has 1 N–H and O–H groups in total. The Morgan fingerprint density at radius 3 is 2.86 bits per heavy atom. The number of aryl methyl sites for hydroxylation is 2. The Morgan fingerprint density at radius 1 is 1.48 bits per heavy atom. The van der Waals surface area contributed by atoms with Gasteiger partial charge in [0.25, 0.3) is 5.91 Å². The monoisotopic (exact) mass is 291 g/mol. The van der Waals surface area contributed by atoms with Crippen LogP contribution in [0.2, 0.25) is 0 Å². The number of nitrogens with zero attached hydrogens (tertiary/aromatic N) is 4.